The van der Waals surface area contributed by atoms with Crippen LogP contribution in [0.1, 0.15) is 42.7 Å². The second kappa shape index (κ2) is 7.46. The van der Waals surface area contributed by atoms with Gasteiger partial charge in [-0.15, -0.1) is 0 Å². The Kier molecular flexibility index (Phi) is 5.11. The molecule has 0 spiro atoms. The number of nitrogens with one attached hydrogen (secondary N) is 2. The molecule has 1 aromatic carbocycles. The maximum Gasteiger partial charge on any atom is 0.310 e. The molecule has 1 saturated carbocycles. The third-order valence-electron chi connectivity index (χ3n) is 4.66. The van der Waals surface area contributed by atoms with Crippen LogP contribution in [0, 0.1) is 5.92 Å². The highest BCUT2D eigenvalue weighted by molar-refractivity contribution is 5.93. The highest BCUT2D eigenvalue weighted by Crippen LogP contribution is 2.24. The Hall–Kier alpha value is -2.70. The van der Waals surface area contributed by atoms with E-state index in [-0.39, 0.29) is 29.3 Å². The molecule has 1 aliphatic carbocycles. The van der Waals surface area contributed by atoms with Gasteiger partial charge in [0.15, 0.2) is 5.82 Å². The Labute approximate surface area is 144 Å². The monoisotopic (exact) mass is 343 g/mol. The summed E-state index contributed by atoms with van der Waals surface area (Å²) in [5.41, 5.74) is 0.0999. The fraction of sp³-hybridized carbons (Fsp3) is 0.444. The van der Waals surface area contributed by atoms with Crippen LogP contribution in [0.15, 0.2) is 29.1 Å². The number of fused-ring (bicyclic) bond motifs is 1. The lowest BCUT2D eigenvalue weighted by atomic mass is 9.94. The summed E-state index contributed by atoms with van der Waals surface area (Å²) in [4.78, 5) is 43.5. The van der Waals surface area contributed by atoms with E-state index in [1.54, 1.807) is 24.3 Å². The summed E-state index contributed by atoms with van der Waals surface area (Å²) >= 11 is 0. The lowest BCUT2D eigenvalue weighted by Gasteiger charge is -2.23. The highest BCUT2D eigenvalue weighted by Gasteiger charge is 2.32. The normalized spacial score (nSPS) is 20.7. The van der Waals surface area contributed by atoms with Crippen molar-refractivity contribution in [3.05, 3.63) is 40.4 Å². The molecule has 25 heavy (non-hydrogen) atoms. The maximum absolute atomic E-state index is 12.6. The largest absolute Gasteiger partial charge is 0.469 e. The van der Waals surface area contributed by atoms with Crippen molar-refractivity contribution < 1.29 is 14.3 Å². The Morgan fingerprint density at radius 3 is 2.76 bits per heavy atom. The standard InChI is InChI=1S/C18H21N3O4/c1-25-18(24)12-8-3-2-4-9-14(12)20-17(23)15-19-13-10-6-5-7-11(13)16(22)21-15/h5-7,10,12,14H,2-4,8-9H2,1H3,(H,20,23)(H,19,21,22)/t12-,14-/m1/s1. The number of ether oxygens (including phenoxy) is 1. The first-order chi connectivity index (χ1) is 12.1. The maximum atomic E-state index is 12.6. The number of para-hydroxylation sites is 1. The predicted octanol–water partition coefficient (Wildman–Crippen LogP) is 1.77. The number of aromatic nitrogens is 2. The minimum absolute atomic E-state index is 0.0448. The van der Waals surface area contributed by atoms with Gasteiger partial charge in [0.1, 0.15) is 0 Å². The molecule has 0 aliphatic heterocycles. The average Bonchev–Trinajstić information content (AvgIpc) is 2.86. The molecule has 7 heteroatoms. The van der Waals surface area contributed by atoms with Crippen molar-refractivity contribution in [2.24, 2.45) is 5.92 Å². The van der Waals surface area contributed by atoms with E-state index in [9.17, 15) is 14.4 Å². The number of hydrogen-bond acceptors (Lipinski definition) is 5. The Balaban J connectivity index is 1.85. The Bertz CT molecular complexity index is 846. The van der Waals surface area contributed by atoms with Gasteiger partial charge in [-0.3, -0.25) is 14.4 Å². The number of methoxy groups -OCH3 is 1. The summed E-state index contributed by atoms with van der Waals surface area (Å²) in [7, 11) is 1.36. The molecule has 0 unspecified atom stereocenters. The fourth-order valence-electron chi connectivity index (χ4n) is 3.34. The third kappa shape index (κ3) is 3.70. The SMILES string of the molecule is COC(=O)[C@@H]1CCCCC[C@H]1NC(=O)c1nc2ccccc2c(=O)[nH]1. The van der Waals surface area contributed by atoms with Gasteiger partial charge in [0.25, 0.3) is 11.5 Å². The van der Waals surface area contributed by atoms with Crippen molar-refractivity contribution in [2.45, 2.75) is 38.1 Å². The molecule has 1 amide bonds. The first kappa shape index (κ1) is 17.1. The molecule has 1 fully saturated rings. The van der Waals surface area contributed by atoms with Crippen LogP contribution in [0.2, 0.25) is 0 Å². The molecule has 0 radical (unpaired) electrons. The van der Waals surface area contributed by atoms with Gasteiger partial charge in [-0.25, -0.2) is 4.98 Å². The van der Waals surface area contributed by atoms with E-state index in [0.717, 1.165) is 19.3 Å². The second-order valence-corrected chi connectivity index (χ2v) is 6.28. The Morgan fingerprint density at radius 2 is 1.96 bits per heavy atom. The van der Waals surface area contributed by atoms with Crippen molar-refractivity contribution in [3.63, 3.8) is 0 Å². The molecule has 3 rings (SSSR count). The topological polar surface area (TPSA) is 101 Å². The van der Waals surface area contributed by atoms with Gasteiger partial charge in [0.2, 0.25) is 0 Å². The minimum atomic E-state index is -0.483. The molecule has 0 bridgehead atoms. The summed E-state index contributed by atoms with van der Waals surface area (Å²) in [6, 6.07) is 6.52. The molecule has 2 aromatic rings. The van der Waals surface area contributed by atoms with E-state index in [2.05, 4.69) is 15.3 Å². The Morgan fingerprint density at radius 1 is 1.20 bits per heavy atom. The van der Waals surface area contributed by atoms with Crippen molar-refractivity contribution in [3.8, 4) is 0 Å². The number of carbonyl (C=O) groups excluding carboxylic acids is 2. The number of hydrogen-bond donors (Lipinski definition) is 2. The van der Waals surface area contributed by atoms with Gasteiger partial charge in [-0.1, -0.05) is 31.4 Å². The van der Waals surface area contributed by atoms with Gasteiger partial charge in [0.05, 0.1) is 23.9 Å². The van der Waals surface area contributed by atoms with Crippen molar-refractivity contribution in [1.82, 2.24) is 15.3 Å². The van der Waals surface area contributed by atoms with Gasteiger partial charge in [0, 0.05) is 6.04 Å². The molecule has 1 aromatic heterocycles. The molecule has 0 saturated heterocycles. The van der Waals surface area contributed by atoms with E-state index >= 15 is 0 Å². The van der Waals surface area contributed by atoms with Crippen LogP contribution in [0.4, 0.5) is 0 Å². The van der Waals surface area contributed by atoms with Crippen molar-refractivity contribution in [2.75, 3.05) is 7.11 Å². The van der Waals surface area contributed by atoms with Crippen LogP contribution in [0.25, 0.3) is 10.9 Å². The molecule has 1 heterocycles. The van der Waals surface area contributed by atoms with Crippen molar-refractivity contribution >= 4 is 22.8 Å². The summed E-state index contributed by atoms with van der Waals surface area (Å²) in [6.45, 7) is 0. The van der Waals surface area contributed by atoms with Crippen LogP contribution in [-0.2, 0) is 9.53 Å². The first-order valence-corrected chi connectivity index (χ1v) is 8.48. The molecule has 132 valence electrons. The van der Waals surface area contributed by atoms with Crippen LogP contribution in [-0.4, -0.2) is 35.0 Å². The summed E-state index contributed by atoms with van der Waals surface area (Å²) in [6.07, 6.45) is 4.25. The van der Waals surface area contributed by atoms with Crippen LogP contribution in [0.3, 0.4) is 0 Å². The van der Waals surface area contributed by atoms with Gasteiger partial charge < -0.3 is 15.0 Å². The van der Waals surface area contributed by atoms with Gasteiger partial charge in [-0.05, 0) is 25.0 Å². The van der Waals surface area contributed by atoms with Gasteiger partial charge >= 0.3 is 5.97 Å². The van der Waals surface area contributed by atoms with E-state index in [1.807, 2.05) is 0 Å². The predicted molar refractivity (Wildman–Crippen MR) is 92.2 cm³/mol. The smallest absolute Gasteiger partial charge is 0.310 e. The molecule has 2 atom stereocenters. The summed E-state index contributed by atoms with van der Waals surface area (Å²) in [5.74, 6) is -1.21. The zero-order chi connectivity index (χ0) is 17.8. The van der Waals surface area contributed by atoms with Crippen molar-refractivity contribution in [1.29, 1.82) is 0 Å². The molecular formula is C18H21N3O4. The highest BCUT2D eigenvalue weighted by atomic mass is 16.5. The number of esters is 1. The number of rotatable bonds is 3. The number of aromatic amines is 1. The van der Waals surface area contributed by atoms with E-state index < -0.39 is 5.91 Å². The van der Waals surface area contributed by atoms with E-state index in [0.29, 0.717) is 23.7 Å². The number of H-pyrrole nitrogens is 1. The van der Waals surface area contributed by atoms with Crippen LogP contribution < -0.4 is 10.9 Å². The van der Waals surface area contributed by atoms with E-state index in [1.165, 1.54) is 7.11 Å². The van der Waals surface area contributed by atoms with Crippen LogP contribution in [0.5, 0.6) is 0 Å². The lowest BCUT2D eigenvalue weighted by molar-refractivity contribution is -0.146. The molecule has 2 N–H and O–H groups in total. The van der Waals surface area contributed by atoms with E-state index in [4.69, 9.17) is 4.74 Å². The summed E-state index contributed by atoms with van der Waals surface area (Å²) < 4.78 is 4.88. The lowest BCUT2D eigenvalue weighted by Crippen LogP contribution is -2.44. The van der Waals surface area contributed by atoms with Gasteiger partial charge in [-0.2, -0.15) is 0 Å². The number of nitrogens with zero attached hydrogens (tertiary/aromatic N) is 1. The fourth-order valence-corrected chi connectivity index (χ4v) is 3.34. The van der Waals surface area contributed by atoms with Crippen LogP contribution >= 0.6 is 0 Å². The third-order valence-corrected chi connectivity index (χ3v) is 4.66. The number of benzene rings is 1. The zero-order valence-electron chi connectivity index (χ0n) is 14.1. The molecule has 7 nitrogen and oxygen atoms in total. The second-order valence-electron chi connectivity index (χ2n) is 6.28. The quantitative estimate of drug-likeness (QED) is 0.653. The first-order valence-electron chi connectivity index (χ1n) is 8.48. The zero-order valence-corrected chi connectivity index (χ0v) is 14.1. The molecular weight excluding hydrogens is 322 g/mol. The number of carbonyl (C=O) groups is 2. The average molecular weight is 343 g/mol. The number of amides is 1. The summed E-state index contributed by atoms with van der Waals surface area (Å²) in [5, 5.41) is 3.29. The minimum Gasteiger partial charge on any atom is -0.469 e. The molecule has 1 aliphatic rings.